The first kappa shape index (κ1) is 16.7. The minimum absolute atomic E-state index is 0.163. The van der Waals surface area contributed by atoms with Gasteiger partial charge < -0.3 is 10.2 Å². The third-order valence-corrected chi connectivity index (χ3v) is 5.43. The number of hydrogen-bond acceptors (Lipinski definition) is 5. The largest absolute Gasteiger partial charge is 0.357 e. The molecular weight excluding hydrogens is 344 g/mol. The molecule has 4 heterocycles. The van der Waals surface area contributed by atoms with Crippen LogP contribution < -0.4 is 10.2 Å². The number of hydrogen-bond donors (Lipinski definition) is 1. The van der Waals surface area contributed by atoms with Gasteiger partial charge in [-0.15, -0.1) is 11.3 Å². The fourth-order valence-corrected chi connectivity index (χ4v) is 3.85. The second kappa shape index (κ2) is 7.25. The van der Waals surface area contributed by atoms with Gasteiger partial charge in [-0.2, -0.15) is 0 Å². The molecule has 5 nitrogen and oxygen atoms in total. The van der Waals surface area contributed by atoms with Crippen molar-refractivity contribution in [3.05, 3.63) is 59.2 Å². The quantitative estimate of drug-likeness (QED) is 0.747. The second-order valence-electron chi connectivity index (χ2n) is 6.36. The second-order valence-corrected chi connectivity index (χ2v) is 7.31. The van der Waals surface area contributed by atoms with E-state index in [-0.39, 0.29) is 5.91 Å². The fourth-order valence-electron chi connectivity index (χ4n) is 3.15. The number of rotatable bonds is 4. The van der Waals surface area contributed by atoms with E-state index in [1.54, 1.807) is 17.5 Å². The van der Waals surface area contributed by atoms with E-state index in [0.29, 0.717) is 11.3 Å². The molecule has 0 atom stereocenters. The van der Waals surface area contributed by atoms with Gasteiger partial charge in [-0.3, -0.25) is 9.78 Å². The van der Waals surface area contributed by atoms with Gasteiger partial charge in [0.25, 0.3) is 5.91 Å². The molecule has 0 unspecified atom stereocenters. The van der Waals surface area contributed by atoms with E-state index in [1.807, 2.05) is 48.7 Å². The molecule has 0 bridgehead atoms. The maximum atomic E-state index is 12.6. The first-order valence-corrected chi connectivity index (χ1v) is 9.62. The molecule has 0 saturated carbocycles. The highest BCUT2D eigenvalue weighted by molar-refractivity contribution is 7.13. The van der Waals surface area contributed by atoms with Gasteiger partial charge in [0.1, 0.15) is 5.82 Å². The molecular formula is C20H20N4OS. The number of nitrogens with zero attached hydrogens (tertiary/aromatic N) is 3. The minimum atomic E-state index is -0.163. The highest BCUT2D eigenvalue weighted by atomic mass is 32.1. The smallest absolute Gasteiger partial charge is 0.257 e. The molecule has 0 spiro atoms. The number of aromatic nitrogens is 2. The molecule has 3 aromatic heterocycles. The molecule has 0 radical (unpaired) electrons. The fraction of sp³-hybridized carbons (Fsp3) is 0.250. The summed E-state index contributed by atoms with van der Waals surface area (Å²) in [5.74, 6) is 0.807. The summed E-state index contributed by atoms with van der Waals surface area (Å²) in [4.78, 5) is 25.0. The first-order chi connectivity index (χ1) is 12.7. The molecule has 1 saturated heterocycles. The number of pyridine rings is 2. The third-order valence-electron chi connectivity index (χ3n) is 4.54. The number of aryl methyl sites for hydroxylation is 1. The first-order valence-electron chi connectivity index (χ1n) is 8.74. The van der Waals surface area contributed by atoms with Crippen molar-refractivity contribution in [3.8, 4) is 10.6 Å². The van der Waals surface area contributed by atoms with Crippen LogP contribution in [0.4, 0.5) is 11.5 Å². The van der Waals surface area contributed by atoms with Crippen LogP contribution in [0.25, 0.3) is 10.6 Å². The van der Waals surface area contributed by atoms with Gasteiger partial charge >= 0.3 is 0 Å². The number of carbonyl (C=O) groups is 1. The zero-order valence-electron chi connectivity index (χ0n) is 14.6. The molecule has 132 valence electrons. The lowest BCUT2D eigenvalue weighted by Crippen LogP contribution is -2.19. The zero-order valence-corrected chi connectivity index (χ0v) is 15.4. The van der Waals surface area contributed by atoms with E-state index < -0.39 is 0 Å². The number of anilines is 2. The maximum absolute atomic E-state index is 12.6. The molecule has 4 rings (SSSR count). The molecule has 26 heavy (non-hydrogen) atoms. The average molecular weight is 364 g/mol. The van der Waals surface area contributed by atoms with Gasteiger partial charge in [0.05, 0.1) is 33.7 Å². The Morgan fingerprint density at radius 2 is 2.00 bits per heavy atom. The van der Waals surface area contributed by atoms with Gasteiger partial charge in [0.2, 0.25) is 0 Å². The van der Waals surface area contributed by atoms with Gasteiger partial charge in [0.15, 0.2) is 0 Å². The third kappa shape index (κ3) is 3.46. The van der Waals surface area contributed by atoms with Crippen molar-refractivity contribution in [2.24, 2.45) is 0 Å². The van der Waals surface area contributed by atoms with Gasteiger partial charge in [-0.05, 0) is 55.5 Å². The number of nitrogens with one attached hydrogen (secondary N) is 1. The van der Waals surface area contributed by atoms with Crippen LogP contribution in [-0.4, -0.2) is 29.0 Å². The molecule has 3 aromatic rings. The summed E-state index contributed by atoms with van der Waals surface area (Å²) in [6, 6.07) is 11.6. The van der Waals surface area contributed by atoms with E-state index in [1.165, 1.54) is 12.8 Å². The minimum Gasteiger partial charge on any atom is -0.357 e. The summed E-state index contributed by atoms with van der Waals surface area (Å²) in [5, 5.41) is 4.93. The number of amides is 1. The number of thiophene rings is 1. The normalized spacial score (nSPS) is 13.8. The van der Waals surface area contributed by atoms with E-state index in [0.717, 1.165) is 35.2 Å². The summed E-state index contributed by atoms with van der Waals surface area (Å²) in [5.41, 5.74) is 2.88. The Morgan fingerprint density at radius 1 is 1.15 bits per heavy atom. The predicted octanol–water partition coefficient (Wildman–Crippen LogP) is 4.37. The summed E-state index contributed by atoms with van der Waals surface area (Å²) >= 11 is 1.64. The van der Waals surface area contributed by atoms with Crippen LogP contribution in [0.1, 0.15) is 28.9 Å². The van der Waals surface area contributed by atoms with Crippen LogP contribution in [0.15, 0.2) is 48.0 Å². The Hall–Kier alpha value is -2.73. The predicted molar refractivity (Wildman–Crippen MR) is 106 cm³/mol. The van der Waals surface area contributed by atoms with Gasteiger partial charge in [-0.25, -0.2) is 4.98 Å². The Kier molecular flexibility index (Phi) is 4.67. The average Bonchev–Trinajstić information content (AvgIpc) is 3.36. The molecule has 1 aliphatic heterocycles. The van der Waals surface area contributed by atoms with Crippen molar-refractivity contribution >= 4 is 28.7 Å². The van der Waals surface area contributed by atoms with Crippen LogP contribution in [0.3, 0.4) is 0 Å². The maximum Gasteiger partial charge on any atom is 0.257 e. The Labute approximate surface area is 156 Å². The van der Waals surface area contributed by atoms with Crippen molar-refractivity contribution in [1.29, 1.82) is 0 Å². The highest BCUT2D eigenvalue weighted by Gasteiger charge is 2.15. The zero-order chi connectivity index (χ0) is 17.9. The van der Waals surface area contributed by atoms with Crippen LogP contribution in [0, 0.1) is 6.92 Å². The molecule has 1 fully saturated rings. The standard InChI is InChI=1S/C20H20N4OS/c1-14-16(7-8-17(22-14)18-5-4-12-26-18)20(25)23-15-6-9-19(21-13-15)24-10-2-3-11-24/h4-9,12-13H,2-3,10-11H2,1H3,(H,23,25). The molecule has 0 aliphatic carbocycles. The van der Waals surface area contributed by atoms with Crippen molar-refractivity contribution in [2.45, 2.75) is 19.8 Å². The van der Waals surface area contributed by atoms with E-state index in [2.05, 4.69) is 20.2 Å². The Bertz CT molecular complexity index is 900. The van der Waals surface area contributed by atoms with Crippen LogP contribution >= 0.6 is 11.3 Å². The molecule has 0 aromatic carbocycles. The van der Waals surface area contributed by atoms with Gasteiger partial charge in [-0.1, -0.05) is 6.07 Å². The van der Waals surface area contributed by atoms with Crippen molar-refractivity contribution in [2.75, 3.05) is 23.3 Å². The van der Waals surface area contributed by atoms with Crippen molar-refractivity contribution in [3.63, 3.8) is 0 Å². The monoisotopic (exact) mass is 364 g/mol. The van der Waals surface area contributed by atoms with Gasteiger partial charge in [0, 0.05) is 13.1 Å². The summed E-state index contributed by atoms with van der Waals surface area (Å²) in [6.07, 6.45) is 4.15. The lowest BCUT2D eigenvalue weighted by molar-refractivity contribution is 0.102. The van der Waals surface area contributed by atoms with Crippen molar-refractivity contribution < 1.29 is 4.79 Å². The van der Waals surface area contributed by atoms with Crippen LogP contribution in [0.5, 0.6) is 0 Å². The Morgan fingerprint density at radius 3 is 2.65 bits per heavy atom. The molecule has 6 heteroatoms. The van der Waals surface area contributed by atoms with Crippen LogP contribution in [0.2, 0.25) is 0 Å². The molecule has 1 aliphatic rings. The van der Waals surface area contributed by atoms with E-state index in [9.17, 15) is 4.79 Å². The lowest BCUT2D eigenvalue weighted by Gasteiger charge is -2.16. The van der Waals surface area contributed by atoms with Crippen molar-refractivity contribution in [1.82, 2.24) is 9.97 Å². The highest BCUT2D eigenvalue weighted by Crippen LogP contribution is 2.24. The summed E-state index contributed by atoms with van der Waals surface area (Å²) < 4.78 is 0. The Balaban J connectivity index is 1.47. The summed E-state index contributed by atoms with van der Waals surface area (Å²) in [6.45, 7) is 3.97. The molecule has 1 amide bonds. The molecule has 1 N–H and O–H groups in total. The van der Waals surface area contributed by atoms with Crippen LogP contribution in [-0.2, 0) is 0 Å². The topological polar surface area (TPSA) is 58.1 Å². The number of carbonyl (C=O) groups excluding carboxylic acids is 1. The van der Waals surface area contributed by atoms with E-state index in [4.69, 9.17) is 0 Å². The van der Waals surface area contributed by atoms with E-state index >= 15 is 0 Å². The SMILES string of the molecule is Cc1nc(-c2cccs2)ccc1C(=O)Nc1ccc(N2CCCC2)nc1. The summed E-state index contributed by atoms with van der Waals surface area (Å²) in [7, 11) is 0. The lowest BCUT2D eigenvalue weighted by atomic mass is 10.1.